The molecular formula is C10H22N4O3. The van der Waals surface area contributed by atoms with Crippen molar-refractivity contribution >= 4 is 12.0 Å². The molecule has 0 fully saturated rings. The number of hydrogen-bond acceptors (Lipinski definition) is 5. The SMILES string of the molecule is CC(C)N(CC(=O)NN)NC(=O)OC(C)(C)C. The van der Waals surface area contributed by atoms with Gasteiger partial charge in [0.25, 0.3) is 0 Å². The van der Waals surface area contributed by atoms with E-state index in [1.807, 2.05) is 19.3 Å². The Morgan fingerprint density at radius 2 is 1.88 bits per heavy atom. The largest absolute Gasteiger partial charge is 0.443 e. The van der Waals surface area contributed by atoms with E-state index in [4.69, 9.17) is 10.6 Å². The Kier molecular flexibility index (Phi) is 5.90. The number of rotatable bonds is 4. The number of ether oxygens (including phenoxy) is 1. The summed E-state index contributed by atoms with van der Waals surface area (Å²) in [6, 6.07) is -0.0557. The Balaban J connectivity index is 4.35. The maximum atomic E-state index is 11.5. The highest BCUT2D eigenvalue weighted by atomic mass is 16.6. The number of nitrogens with zero attached hydrogens (tertiary/aromatic N) is 1. The van der Waals surface area contributed by atoms with Crippen LogP contribution in [0.15, 0.2) is 0 Å². The van der Waals surface area contributed by atoms with Gasteiger partial charge in [-0.1, -0.05) is 0 Å². The van der Waals surface area contributed by atoms with Crippen LogP contribution in [-0.4, -0.2) is 35.2 Å². The predicted molar refractivity (Wildman–Crippen MR) is 63.5 cm³/mol. The Labute approximate surface area is 102 Å². The second-order valence-electron chi connectivity index (χ2n) is 4.90. The van der Waals surface area contributed by atoms with Gasteiger partial charge in [0.1, 0.15) is 5.60 Å². The van der Waals surface area contributed by atoms with Crippen molar-refractivity contribution in [3.8, 4) is 0 Å². The summed E-state index contributed by atoms with van der Waals surface area (Å²) < 4.78 is 5.08. The number of hydrazine groups is 2. The third kappa shape index (κ3) is 7.53. The summed E-state index contributed by atoms with van der Waals surface area (Å²) in [7, 11) is 0. The molecule has 0 aromatic rings. The minimum absolute atomic E-state index is 0.0343. The Hall–Kier alpha value is -1.34. The minimum atomic E-state index is -0.601. The highest BCUT2D eigenvalue weighted by Gasteiger charge is 2.20. The molecule has 0 unspecified atom stereocenters. The Morgan fingerprint density at radius 1 is 1.35 bits per heavy atom. The van der Waals surface area contributed by atoms with Gasteiger partial charge in [0.05, 0.1) is 6.54 Å². The van der Waals surface area contributed by atoms with Crippen LogP contribution >= 0.6 is 0 Å². The van der Waals surface area contributed by atoms with Crippen LogP contribution in [0.4, 0.5) is 4.79 Å². The van der Waals surface area contributed by atoms with E-state index in [-0.39, 0.29) is 12.6 Å². The first kappa shape index (κ1) is 15.7. The van der Waals surface area contributed by atoms with Crippen molar-refractivity contribution < 1.29 is 14.3 Å². The van der Waals surface area contributed by atoms with Crippen LogP contribution in [0.25, 0.3) is 0 Å². The molecule has 7 nitrogen and oxygen atoms in total. The molecule has 0 spiro atoms. The monoisotopic (exact) mass is 246 g/mol. The van der Waals surface area contributed by atoms with E-state index in [0.717, 1.165) is 0 Å². The van der Waals surface area contributed by atoms with Gasteiger partial charge in [-0.25, -0.2) is 15.6 Å². The lowest BCUT2D eigenvalue weighted by Crippen LogP contribution is -2.52. The number of nitrogens with one attached hydrogen (secondary N) is 2. The summed E-state index contributed by atoms with van der Waals surface area (Å²) in [6.07, 6.45) is -0.601. The van der Waals surface area contributed by atoms with Crippen molar-refractivity contribution in [1.82, 2.24) is 15.9 Å². The van der Waals surface area contributed by atoms with Gasteiger partial charge in [-0.3, -0.25) is 15.6 Å². The summed E-state index contributed by atoms with van der Waals surface area (Å²) in [4.78, 5) is 22.6. The van der Waals surface area contributed by atoms with Gasteiger partial charge in [-0.05, 0) is 34.6 Å². The maximum absolute atomic E-state index is 11.5. The van der Waals surface area contributed by atoms with E-state index in [2.05, 4.69) is 5.43 Å². The zero-order valence-corrected chi connectivity index (χ0v) is 11.0. The Bertz CT molecular complexity index is 273. The van der Waals surface area contributed by atoms with E-state index in [0.29, 0.717) is 0 Å². The lowest BCUT2D eigenvalue weighted by Gasteiger charge is -2.28. The molecule has 0 aliphatic rings. The van der Waals surface area contributed by atoms with Gasteiger partial charge in [0.2, 0.25) is 5.91 Å². The molecule has 0 atom stereocenters. The van der Waals surface area contributed by atoms with E-state index < -0.39 is 17.6 Å². The topological polar surface area (TPSA) is 96.7 Å². The standard InChI is InChI=1S/C10H22N4O3/c1-7(2)14(6-8(15)12-11)13-9(16)17-10(3,4)5/h7H,6,11H2,1-5H3,(H,12,15)(H,13,16). The van der Waals surface area contributed by atoms with Crippen LogP contribution in [0.1, 0.15) is 34.6 Å². The summed E-state index contributed by atoms with van der Waals surface area (Å²) >= 11 is 0. The average Bonchev–Trinajstić information content (AvgIpc) is 2.13. The highest BCUT2D eigenvalue weighted by Crippen LogP contribution is 2.07. The summed E-state index contributed by atoms with van der Waals surface area (Å²) in [5, 5.41) is 1.44. The fourth-order valence-corrected chi connectivity index (χ4v) is 0.970. The first-order chi connectivity index (χ1) is 7.65. The number of amides is 2. The van der Waals surface area contributed by atoms with Crippen molar-refractivity contribution in [2.24, 2.45) is 5.84 Å². The number of carbonyl (C=O) groups is 2. The number of hydrogen-bond donors (Lipinski definition) is 3. The third-order valence-electron chi connectivity index (χ3n) is 1.73. The summed E-state index contributed by atoms with van der Waals surface area (Å²) in [5.74, 6) is 4.59. The van der Waals surface area contributed by atoms with Crippen molar-refractivity contribution in [1.29, 1.82) is 0 Å². The van der Waals surface area contributed by atoms with Crippen LogP contribution < -0.4 is 16.7 Å². The van der Waals surface area contributed by atoms with Gasteiger partial charge in [0.15, 0.2) is 0 Å². The van der Waals surface area contributed by atoms with Gasteiger partial charge < -0.3 is 4.74 Å². The molecule has 7 heteroatoms. The highest BCUT2D eigenvalue weighted by molar-refractivity contribution is 5.77. The van der Waals surface area contributed by atoms with Crippen molar-refractivity contribution in [3.05, 3.63) is 0 Å². The van der Waals surface area contributed by atoms with Gasteiger partial charge in [-0.2, -0.15) is 0 Å². The lowest BCUT2D eigenvalue weighted by molar-refractivity contribution is -0.123. The molecule has 0 aromatic carbocycles. The molecule has 0 saturated heterocycles. The van der Waals surface area contributed by atoms with Gasteiger partial charge in [0, 0.05) is 6.04 Å². The fourth-order valence-electron chi connectivity index (χ4n) is 0.970. The van der Waals surface area contributed by atoms with Gasteiger partial charge in [-0.15, -0.1) is 0 Å². The molecule has 0 aliphatic heterocycles. The fraction of sp³-hybridized carbons (Fsp3) is 0.800. The van der Waals surface area contributed by atoms with Crippen LogP contribution in [0, 0.1) is 0 Å². The first-order valence-corrected chi connectivity index (χ1v) is 5.41. The van der Waals surface area contributed by atoms with Crippen LogP contribution in [0.2, 0.25) is 0 Å². The second-order valence-corrected chi connectivity index (χ2v) is 4.90. The molecule has 0 rings (SSSR count). The zero-order chi connectivity index (χ0) is 13.6. The van der Waals surface area contributed by atoms with E-state index >= 15 is 0 Å². The second kappa shape index (κ2) is 6.41. The van der Waals surface area contributed by atoms with E-state index in [9.17, 15) is 9.59 Å². The van der Waals surface area contributed by atoms with Gasteiger partial charge >= 0.3 is 6.09 Å². The third-order valence-corrected chi connectivity index (χ3v) is 1.73. The summed E-state index contributed by atoms with van der Waals surface area (Å²) in [6.45, 7) is 8.92. The quantitative estimate of drug-likeness (QED) is 0.372. The van der Waals surface area contributed by atoms with Crippen LogP contribution in [-0.2, 0) is 9.53 Å². The van der Waals surface area contributed by atoms with Crippen molar-refractivity contribution in [3.63, 3.8) is 0 Å². The van der Waals surface area contributed by atoms with Crippen molar-refractivity contribution in [2.45, 2.75) is 46.3 Å². The Morgan fingerprint density at radius 3 is 2.24 bits per heavy atom. The summed E-state index contributed by atoms with van der Waals surface area (Å²) in [5.41, 5.74) is 3.91. The van der Waals surface area contributed by atoms with Crippen molar-refractivity contribution in [2.75, 3.05) is 6.54 Å². The molecule has 0 bridgehead atoms. The number of carbonyl (C=O) groups excluding carboxylic acids is 2. The van der Waals surface area contributed by atoms with Crippen LogP contribution in [0.3, 0.4) is 0 Å². The first-order valence-electron chi connectivity index (χ1n) is 5.41. The molecule has 0 aromatic heterocycles. The molecule has 0 saturated carbocycles. The molecular weight excluding hydrogens is 224 g/mol. The predicted octanol–water partition coefficient (Wildman–Crippen LogP) is 0.126. The minimum Gasteiger partial charge on any atom is -0.443 e. The molecule has 0 aliphatic carbocycles. The average molecular weight is 246 g/mol. The normalized spacial score (nSPS) is 11.5. The maximum Gasteiger partial charge on any atom is 0.422 e. The molecule has 0 radical (unpaired) electrons. The van der Waals surface area contributed by atoms with Crippen LogP contribution in [0.5, 0.6) is 0 Å². The molecule has 4 N–H and O–H groups in total. The van der Waals surface area contributed by atoms with E-state index in [1.165, 1.54) is 5.01 Å². The molecule has 100 valence electrons. The molecule has 17 heavy (non-hydrogen) atoms. The van der Waals surface area contributed by atoms with E-state index in [1.54, 1.807) is 20.8 Å². The molecule has 2 amide bonds. The number of nitrogens with two attached hydrogens (primary N) is 1. The smallest absolute Gasteiger partial charge is 0.422 e. The zero-order valence-electron chi connectivity index (χ0n) is 11.0. The molecule has 0 heterocycles. The lowest BCUT2D eigenvalue weighted by atomic mass is 10.2.